The Morgan fingerprint density at radius 1 is 1.36 bits per heavy atom. The number of carbonyl (C=O) groups is 2. The third-order valence-corrected chi connectivity index (χ3v) is 4.76. The normalized spacial score (nSPS) is 14.6. The van der Waals surface area contributed by atoms with E-state index in [0.717, 1.165) is 11.3 Å². The van der Waals surface area contributed by atoms with Crippen LogP contribution in [-0.2, 0) is 17.6 Å². The number of ether oxygens (including phenoxy) is 3. The summed E-state index contributed by atoms with van der Waals surface area (Å²) in [5, 5.41) is 2.80. The Kier molecular flexibility index (Phi) is 5.01. The Hall–Kier alpha value is -3.29. The molecule has 2 aromatic rings. The third-order valence-electron chi connectivity index (χ3n) is 4.76. The molecule has 1 aromatic carbocycles. The van der Waals surface area contributed by atoms with Gasteiger partial charge in [-0.25, -0.2) is 0 Å². The average Bonchev–Trinajstić information content (AvgIpc) is 3.17. The fourth-order valence-corrected chi connectivity index (χ4v) is 3.28. The lowest BCUT2D eigenvalue weighted by Gasteiger charge is -2.27. The molecule has 8 nitrogen and oxygen atoms in total. The van der Waals surface area contributed by atoms with Crippen LogP contribution in [0, 0.1) is 0 Å². The Balaban J connectivity index is 1.44. The van der Waals surface area contributed by atoms with Crippen molar-refractivity contribution < 1.29 is 23.8 Å². The minimum absolute atomic E-state index is 0.0644. The maximum atomic E-state index is 12.7. The van der Waals surface area contributed by atoms with Crippen LogP contribution >= 0.6 is 0 Å². The van der Waals surface area contributed by atoms with Crippen molar-refractivity contribution in [3.05, 3.63) is 47.3 Å². The van der Waals surface area contributed by atoms with Crippen LogP contribution in [0.1, 0.15) is 21.6 Å². The number of aromatic nitrogens is 1. The fraction of sp³-hybridized carbons (Fsp3) is 0.350. The number of amides is 2. The summed E-state index contributed by atoms with van der Waals surface area (Å²) in [6.45, 7) is 0.921. The summed E-state index contributed by atoms with van der Waals surface area (Å²) in [5.41, 5.74) is 2.19. The smallest absolute Gasteiger partial charge is 0.257 e. The number of rotatable bonds is 6. The SMILES string of the molecule is CN1CCc2cc3c(c(OCC(=O)NCCc4ccccn4)c2C1=O)OCO3. The topological polar surface area (TPSA) is 90.0 Å². The van der Waals surface area contributed by atoms with Gasteiger partial charge in [-0.3, -0.25) is 14.6 Å². The van der Waals surface area contributed by atoms with Gasteiger partial charge in [0.25, 0.3) is 11.8 Å². The molecule has 0 atom stereocenters. The average molecular weight is 383 g/mol. The lowest BCUT2D eigenvalue weighted by Crippen LogP contribution is -2.35. The Bertz CT molecular complexity index is 900. The predicted octanol–water partition coefficient (Wildman–Crippen LogP) is 1.18. The first-order valence-electron chi connectivity index (χ1n) is 9.14. The molecule has 0 spiro atoms. The summed E-state index contributed by atoms with van der Waals surface area (Å²) in [6, 6.07) is 7.48. The molecule has 0 unspecified atom stereocenters. The van der Waals surface area contributed by atoms with Gasteiger partial charge in [0.1, 0.15) is 0 Å². The minimum atomic E-state index is -0.280. The first-order valence-corrected chi connectivity index (χ1v) is 9.14. The Morgan fingerprint density at radius 3 is 3.07 bits per heavy atom. The van der Waals surface area contributed by atoms with Gasteiger partial charge in [0, 0.05) is 38.4 Å². The lowest BCUT2D eigenvalue weighted by molar-refractivity contribution is -0.123. The lowest BCUT2D eigenvalue weighted by atomic mass is 9.97. The van der Waals surface area contributed by atoms with E-state index in [1.807, 2.05) is 24.3 Å². The van der Waals surface area contributed by atoms with Crippen molar-refractivity contribution in [2.75, 3.05) is 33.5 Å². The van der Waals surface area contributed by atoms with E-state index in [4.69, 9.17) is 14.2 Å². The predicted molar refractivity (Wildman–Crippen MR) is 99.7 cm³/mol. The van der Waals surface area contributed by atoms with Crippen molar-refractivity contribution in [3.8, 4) is 17.2 Å². The molecule has 146 valence electrons. The molecule has 2 amide bonds. The number of likely N-dealkylation sites (N-methyl/N-ethyl adjacent to an activating group) is 1. The van der Waals surface area contributed by atoms with E-state index in [9.17, 15) is 9.59 Å². The molecular formula is C20H21N3O5. The number of nitrogens with one attached hydrogen (secondary N) is 1. The van der Waals surface area contributed by atoms with E-state index in [1.54, 1.807) is 18.1 Å². The maximum Gasteiger partial charge on any atom is 0.257 e. The van der Waals surface area contributed by atoms with Gasteiger partial charge >= 0.3 is 0 Å². The second-order valence-corrected chi connectivity index (χ2v) is 6.66. The van der Waals surface area contributed by atoms with Gasteiger partial charge in [-0.1, -0.05) is 6.07 Å². The van der Waals surface area contributed by atoms with Crippen LogP contribution in [0.5, 0.6) is 17.2 Å². The summed E-state index contributed by atoms with van der Waals surface area (Å²) in [7, 11) is 1.74. The molecule has 0 bridgehead atoms. The number of fused-ring (bicyclic) bond motifs is 2. The standard InChI is InChI=1S/C20H21N3O5/c1-23-9-6-13-10-15-18(28-12-27-15)19(17(13)20(23)25)26-11-16(24)22-8-5-14-4-2-3-7-21-14/h2-4,7,10H,5-6,8-9,11-12H2,1H3,(H,22,24). The third kappa shape index (κ3) is 3.58. The molecule has 0 saturated heterocycles. The zero-order valence-electron chi connectivity index (χ0n) is 15.6. The summed E-state index contributed by atoms with van der Waals surface area (Å²) < 4.78 is 16.7. The number of nitrogens with zero attached hydrogens (tertiary/aromatic N) is 2. The molecule has 2 aliphatic rings. The van der Waals surface area contributed by atoms with Crippen LogP contribution < -0.4 is 19.5 Å². The minimum Gasteiger partial charge on any atom is -0.479 e. The highest BCUT2D eigenvalue weighted by Gasteiger charge is 2.33. The monoisotopic (exact) mass is 383 g/mol. The Labute approximate surface area is 162 Å². The summed E-state index contributed by atoms with van der Waals surface area (Å²) in [6.07, 6.45) is 3.04. The van der Waals surface area contributed by atoms with Crippen molar-refractivity contribution in [2.24, 2.45) is 0 Å². The van der Waals surface area contributed by atoms with E-state index >= 15 is 0 Å². The van der Waals surface area contributed by atoms with Crippen LogP contribution in [0.15, 0.2) is 30.5 Å². The number of hydrogen-bond donors (Lipinski definition) is 1. The summed E-state index contributed by atoms with van der Waals surface area (Å²) in [4.78, 5) is 30.7. The maximum absolute atomic E-state index is 12.7. The van der Waals surface area contributed by atoms with Gasteiger partial charge in [-0.2, -0.15) is 0 Å². The highest BCUT2D eigenvalue weighted by molar-refractivity contribution is 6.01. The molecule has 0 radical (unpaired) electrons. The van der Waals surface area contributed by atoms with Crippen molar-refractivity contribution in [3.63, 3.8) is 0 Å². The molecule has 28 heavy (non-hydrogen) atoms. The van der Waals surface area contributed by atoms with Gasteiger partial charge in [0.2, 0.25) is 12.5 Å². The first-order chi connectivity index (χ1) is 13.6. The summed E-state index contributed by atoms with van der Waals surface area (Å²) in [5.74, 6) is 0.773. The number of hydrogen-bond acceptors (Lipinski definition) is 6. The van der Waals surface area contributed by atoms with Crippen molar-refractivity contribution in [1.29, 1.82) is 0 Å². The molecule has 0 fully saturated rings. The van der Waals surface area contributed by atoms with E-state index in [0.29, 0.717) is 43.0 Å². The van der Waals surface area contributed by atoms with Crippen LogP contribution in [0.3, 0.4) is 0 Å². The highest BCUT2D eigenvalue weighted by atomic mass is 16.7. The molecular weight excluding hydrogens is 362 g/mol. The zero-order chi connectivity index (χ0) is 19.5. The van der Waals surface area contributed by atoms with Gasteiger partial charge in [-0.05, 0) is 30.2 Å². The second-order valence-electron chi connectivity index (χ2n) is 6.66. The molecule has 0 saturated carbocycles. The van der Waals surface area contributed by atoms with Gasteiger partial charge in [-0.15, -0.1) is 0 Å². The van der Waals surface area contributed by atoms with Crippen molar-refractivity contribution in [2.45, 2.75) is 12.8 Å². The zero-order valence-corrected chi connectivity index (χ0v) is 15.6. The van der Waals surface area contributed by atoms with Crippen LogP contribution in [0.2, 0.25) is 0 Å². The first kappa shape index (κ1) is 18.1. The molecule has 0 aliphatic carbocycles. The molecule has 1 aromatic heterocycles. The van der Waals surface area contributed by atoms with E-state index in [2.05, 4.69) is 10.3 Å². The fourth-order valence-electron chi connectivity index (χ4n) is 3.28. The highest BCUT2D eigenvalue weighted by Crippen LogP contribution is 2.46. The molecule has 4 rings (SSSR count). The number of benzene rings is 1. The van der Waals surface area contributed by atoms with Crippen LogP contribution in [0.25, 0.3) is 0 Å². The van der Waals surface area contributed by atoms with Gasteiger partial charge < -0.3 is 24.4 Å². The number of pyridine rings is 1. The molecule has 8 heteroatoms. The van der Waals surface area contributed by atoms with Crippen LogP contribution in [0.4, 0.5) is 0 Å². The second kappa shape index (κ2) is 7.75. The quantitative estimate of drug-likeness (QED) is 0.806. The molecule has 1 N–H and O–H groups in total. The summed E-state index contributed by atoms with van der Waals surface area (Å²) >= 11 is 0. The van der Waals surface area contributed by atoms with E-state index < -0.39 is 0 Å². The largest absolute Gasteiger partial charge is 0.479 e. The van der Waals surface area contributed by atoms with Crippen molar-refractivity contribution >= 4 is 11.8 Å². The molecule has 2 aliphatic heterocycles. The van der Waals surface area contributed by atoms with Gasteiger partial charge in [0.05, 0.1) is 5.56 Å². The van der Waals surface area contributed by atoms with E-state index in [1.165, 1.54) is 0 Å². The van der Waals surface area contributed by atoms with Crippen LogP contribution in [-0.4, -0.2) is 55.2 Å². The van der Waals surface area contributed by atoms with Gasteiger partial charge in [0.15, 0.2) is 18.1 Å². The number of carbonyl (C=O) groups excluding carboxylic acids is 2. The van der Waals surface area contributed by atoms with E-state index in [-0.39, 0.29) is 31.0 Å². The van der Waals surface area contributed by atoms with Crippen molar-refractivity contribution in [1.82, 2.24) is 15.2 Å². The molecule has 3 heterocycles. The Morgan fingerprint density at radius 2 is 2.25 bits per heavy atom.